The van der Waals surface area contributed by atoms with Gasteiger partial charge in [0.2, 0.25) is 0 Å². The average molecular weight is 365 g/mol. The van der Waals surface area contributed by atoms with Gasteiger partial charge in [0.15, 0.2) is 5.78 Å². The number of likely N-dealkylation sites (tertiary alicyclic amines) is 1. The Kier molecular flexibility index (Phi) is 4.88. The first kappa shape index (κ1) is 17.6. The summed E-state index contributed by atoms with van der Waals surface area (Å²) >= 11 is 0. The van der Waals surface area contributed by atoms with Gasteiger partial charge < -0.3 is 9.64 Å². The highest BCUT2D eigenvalue weighted by Gasteiger charge is 2.31. The molecule has 1 aliphatic heterocycles. The molecule has 140 valence electrons. The van der Waals surface area contributed by atoms with Crippen LogP contribution in [0.25, 0.3) is 0 Å². The third-order valence-corrected chi connectivity index (χ3v) is 5.29. The van der Waals surface area contributed by atoms with E-state index in [-0.39, 0.29) is 17.6 Å². The van der Waals surface area contributed by atoms with Crippen molar-refractivity contribution >= 4 is 11.7 Å². The van der Waals surface area contributed by atoms with Crippen LogP contribution in [-0.2, 0) is 0 Å². The van der Waals surface area contributed by atoms with Gasteiger partial charge in [-0.2, -0.15) is 0 Å². The second-order valence-corrected chi connectivity index (χ2v) is 7.29. The predicted octanol–water partition coefficient (Wildman–Crippen LogP) is 3.10. The van der Waals surface area contributed by atoms with Crippen molar-refractivity contribution in [3.63, 3.8) is 0 Å². The molecule has 27 heavy (non-hydrogen) atoms. The van der Waals surface area contributed by atoms with Crippen molar-refractivity contribution in [3.8, 4) is 5.75 Å². The van der Waals surface area contributed by atoms with E-state index in [4.69, 9.17) is 4.74 Å². The van der Waals surface area contributed by atoms with Crippen molar-refractivity contribution in [3.05, 3.63) is 53.6 Å². The van der Waals surface area contributed by atoms with E-state index in [0.29, 0.717) is 35.9 Å². The van der Waals surface area contributed by atoms with Crippen LogP contribution in [0.15, 0.2) is 36.7 Å². The Morgan fingerprint density at radius 2 is 1.89 bits per heavy atom. The van der Waals surface area contributed by atoms with E-state index in [1.54, 1.807) is 36.5 Å². The van der Waals surface area contributed by atoms with Gasteiger partial charge in [-0.25, -0.2) is 9.97 Å². The molecular weight excluding hydrogens is 342 g/mol. The zero-order valence-electron chi connectivity index (χ0n) is 15.4. The van der Waals surface area contributed by atoms with Crippen molar-refractivity contribution < 1.29 is 14.3 Å². The van der Waals surface area contributed by atoms with E-state index in [0.717, 1.165) is 31.5 Å². The topological polar surface area (TPSA) is 72.4 Å². The molecule has 2 fully saturated rings. The van der Waals surface area contributed by atoms with Crippen molar-refractivity contribution in [1.29, 1.82) is 0 Å². The van der Waals surface area contributed by atoms with Crippen LogP contribution < -0.4 is 4.74 Å². The number of ether oxygens (including phenoxy) is 1. The fourth-order valence-electron chi connectivity index (χ4n) is 3.57. The van der Waals surface area contributed by atoms with Gasteiger partial charge in [-0.05, 0) is 37.8 Å². The summed E-state index contributed by atoms with van der Waals surface area (Å²) in [5.74, 6) is 1.73. The molecule has 0 radical (unpaired) electrons. The molecule has 0 N–H and O–H groups in total. The first-order valence-electron chi connectivity index (χ1n) is 9.45. The second-order valence-electron chi connectivity index (χ2n) is 7.29. The number of rotatable bonds is 5. The molecule has 0 bridgehead atoms. The summed E-state index contributed by atoms with van der Waals surface area (Å²) in [6, 6.07) is 7.19. The van der Waals surface area contributed by atoms with Gasteiger partial charge in [0, 0.05) is 42.9 Å². The molecule has 6 heteroatoms. The van der Waals surface area contributed by atoms with Gasteiger partial charge in [-0.15, -0.1) is 0 Å². The zero-order chi connectivity index (χ0) is 18.8. The molecule has 4 rings (SSSR count). The number of carbonyl (C=O) groups is 2. The first-order chi connectivity index (χ1) is 13.2. The van der Waals surface area contributed by atoms with Gasteiger partial charge in [0.25, 0.3) is 5.91 Å². The number of hydrogen-bond donors (Lipinski definition) is 0. The Hall–Kier alpha value is -2.76. The molecule has 1 aromatic heterocycles. The molecule has 6 nitrogen and oxygen atoms in total. The number of carbonyl (C=O) groups excluding carboxylic acids is 2. The summed E-state index contributed by atoms with van der Waals surface area (Å²) in [5, 5.41) is 0. The molecule has 1 aromatic carbocycles. The number of hydrogen-bond acceptors (Lipinski definition) is 5. The highest BCUT2D eigenvalue weighted by atomic mass is 16.5. The van der Waals surface area contributed by atoms with Crippen molar-refractivity contribution in [2.24, 2.45) is 5.92 Å². The maximum absolute atomic E-state index is 12.9. The van der Waals surface area contributed by atoms with Gasteiger partial charge in [0.1, 0.15) is 11.6 Å². The summed E-state index contributed by atoms with van der Waals surface area (Å²) in [6.45, 7) is 1.09. The number of ketones is 1. The first-order valence-corrected chi connectivity index (χ1v) is 9.45. The second kappa shape index (κ2) is 7.47. The van der Waals surface area contributed by atoms with E-state index in [1.165, 1.54) is 0 Å². The van der Waals surface area contributed by atoms with E-state index in [9.17, 15) is 9.59 Å². The van der Waals surface area contributed by atoms with Crippen LogP contribution in [0.1, 0.15) is 58.1 Å². The number of piperidine rings is 1. The standard InChI is InChI=1S/C21H23N3O3/c1-27-18-6-2-4-15(10-18)19(25)16-5-3-9-24(13-16)21(26)17-11-22-20(23-12-17)14-7-8-14/h2,4,6,10-12,14,16H,3,5,7-9,13H2,1H3/t16-/m0/s1. The minimum Gasteiger partial charge on any atom is -0.497 e. The van der Waals surface area contributed by atoms with Gasteiger partial charge in [0.05, 0.1) is 12.7 Å². The monoisotopic (exact) mass is 365 g/mol. The van der Waals surface area contributed by atoms with Gasteiger partial charge in [-0.3, -0.25) is 9.59 Å². The smallest absolute Gasteiger partial charge is 0.257 e. The van der Waals surface area contributed by atoms with Gasteiger partial charge in [-0.1, -0.05) is 12.1 Å². The highest BCUT2D eigenvalue weighted by molar-refractivity contribution is 5.99. The lowest BCUT2D eigenvalue weighted by Gasteiger charge is -2.32. The van der Waals surface area contributed by atoms with Crippen molar-refractivity contribution in [1.82, 2.24) is 14.9 Å². The van der Waals surface area contributed by atoms with Crippen LogP contribution in [-0.4, -0.2) is 46.8 Å². The Bertz CT molecular complexity index is 846. The molecule has 1 aliphatic carbocycles. The summed E-state index contributed by atoms with van der Waals surface area (Å²) in [5.41, 5.74) is 1.12. The molecule has 2 aliphatic rings. The minimum absolute atomic E-state index is 0.0618. The van der Waals surface area contributed by atoms with E-state index >= 15 is 0 Å². The lowest BCUT2D eigenvalue weighted by atomic mass is 9.89. The zero-order valence-corrected chi connectivity index (χ0v) is 15.4. The molecule has 0 spiro atoms. The summed E-state index contributed by atoms with van der Waals surface area (Å²) < 4.78 is 5.21. The summed E-state index contributed by atoms with van der Waals surface area (Å²) in [6.07, 6.45) is 7.11. The van der Waals surface area contributed by atoms with Gasteiger partial charge >= 0.3 is 0 Å². The Balaban J connectivity index is 1.45. The Morgan fingerprint density at radius 1 is 1.11 bits per heavy atom. The SMILES string of the molecule is COc1cccc(C(=O)[C@H]2CCCN(C(=O)c3cnc(C4CC4)nc3)C2)c1. The normalized spacial score (nSPS) is 19.6. The van der Waals surface area contributed by atoms with Crippen LogP contribution in [0, 0.1) is 5.92 Å². The predicted molar refractivity (Wildman–Crippen MR) is 100.0 cm³/mol. The Morgan fingerprint density at radius 3 is 2.59 bits per heavy atom. The largest absolute Gasteiger partial charge is 0.497 e. The number of aromatic nitrogens is 2. The van der Waals surface area contributed by atoms with Crippen molar-refractivity contribution in [2.75, 3.05) is 20.2 Å². The van der Waals surface area contributed by atoms with E-state index in [2.05, 4.69) is 9.97 Å². The highest BCUT2D eigenvalue weighted by Crippen LogP contribution is 2.37. The molecule has 1 atom stereocenters. The summed E-state index contributed by atoms with van der Waals surface area (Å²) in [7, 11) is 1.58. The lowest BCUT2D eigenvalue weighted by Crippen LogP contribution is -2.42. The third-order valence-electron chi connectivity index (χ3n) is 5.29. The molecule has 1 amide bonds. The lowest BCUT2D eigenvalue weighted by molar-refractivity contribution is 0.0636. The fourth-order valence-corrected chi connectivity index (χ4v) is 3.57. The van der Waals surface area contributed by atoms with E-state index in [1.807, 2.05) is 12.1 Å². The minimum atomic E-state index is -0.193. The molecule has 1 saturated heterocycles. The molecule has 2 heterocycles. The fraction of sp³-hybridized carbons (Fsp3) is 0.429. The summed E-state index contributed by atoms with van der Waals surface area (Å²) in [4.78, 5) is 36.1. The molecule has 1 saturated carbocycles. The maximum atomic E-state index is 12.9. The van der Waals surface area contributed by atoms with Crippen LogP contribution in [0.4, 0.5) is 0 Å². The van der Waals surface area contributed by atoms with Crippen LogP contribution in [0.3, 0.4) is 0 Å². The molecule has 2 aromatic rings. The Labute approximate surface area is 158 Å². The number of nitrogens with zero attached hydrogens (tertiary/aromatic N) is 3. The van der Waals surface area contributed by atoms with Crippen LogP contribution >= 0.6 is 0 Å². The van der Waals surface area contributed by atoms with Crippen LogP contribution in [0.5, 0.6) is 5.75 Å². The van der Waals surface area contributed by atoms with E-state index < -0.39 is 0 Å². The van der Waals surface area contributed by atoms with Crippen LogP contribution in [0.2, 0.25) is 0 Å². The number of Topliss-reactive ketones (excluding diaryl/α,β-unsaturated/α-hetero) is 1. The quantitative estimate of drug-likeness (QED) is 0.762. The maximum Gasteiger partial charge on any atom is 0.257 e. The number of amides is 1. The number of methoxy groups -OCH3 is 1. The molecule has 0 unspecified atom stereocenters. The average Bonchev–Trinajstić information content (AvgIpc) is 3.58. The molecular formula is C21H23N3O3. The number of benzene rings is 1. The van der Waals surface area contributed by atoms with Crippen molar-refractivity contribution in [2.45, 2.75) is 31.6 Å². The third kappa shape index (κ3) is 3.84.